The third-order valence-electron chi connectivity index (χ3n) is 5.59. The second-order valence-electron chi connectivity index (χ2n) is 7.72. The Morgan fingerprint density at radius 1 is 1.38 bits per heavy atom. The topological polar surface area (TPSA) is 91.1 Å². The maximum atomic E-state index is 11.3. The molecule has 2 aliphatic rings. The number of anilines is 1. The zero-order chi connectivity index (χ0) is 18.3. The van der Waals surface area contributed by atoms with E-state index in [0.29, 0.717) is 11.6 Å². The molecule has 26 heavy (non-hydrogen) atoms. The fourth-order valence-corrected chi connectivity index (χ4v) is 5.24. The number of rotatable bonds is 4. The summed E-state index contributed by atoms with van der Waals surface area (Å²) in [6, 6.07) is 0. The normalized spacial score (nSPS) is 19.9. The molecule has 2 aromatic rings. The Bertz CT molecular complexity index is 789. The van der Waals surface area contributed by atoms with Crippen molar-refractivity contribution in [3.05, 3.63) is 28.8 Å². The van der Waals surface area contributed by atoms with Crippen molar-refractivity contribution in [2.45, 2.75) is 38.6 Å². The maximum absolute atomic E-state index is 11.3. The van der Waals surface area contributed by atoms with E-state index in [0.717, 1.165) is 50.6 Å². The SMILES string of the molecule is CC(C)CN1CCc2[nH]cnc2C12CCN(c1nc(C(N)=O)cs1)CC2. The van der Waals surface area contributed by atoms with Crippen molar-refractivity contribution in [3.8, 4) is 0 Å². The number of imidazole rings is 1. The molecule has 0 bridgehead atoms. The fourth-order valence-electron chi connectivity index (χ4n) is 4.37. The summed E-state index contributed by atoms with van der Waals surface area (Å²) >= 11 is 1.50. The molecule has 1 spiro atoms. The molecule has 0 saturated carbocycles. The van der Waals surface area contributed by atoms with Gasteiger partial charge in [-0.05, 0) is 18.8 Å². The Hall–Kier alpha value is -1.93. The fraction of sp³-hybridized carbons (Fsp3) is 0.611. The Morgan fingerprint density at radius 3 is 2.81 bits per heavy atom. The number of aromatic amines is 1. The first kappa shape index (κ1) is 17.5. The van der Waals surface area contributed by atoms with Gasteiger partial charge in [0.2, 0.25) is 0 Å². The minimum Gasteiger partial charge on any atom is -0.364 e. The van der Waals surface area contributed by atoms with Gasteiger partial charge in [-0.3, -0.25) is 9.69 Å². The van der Waals surface area contributed by atoms with E-state index in [1.54, 1.807) is 5.38 Å². The lowest BCUT2D eigenvalue weighted by atomic mass is 9.78. The van der Waals surface area contributed by atoms with Gasteiger partial charge in [-0.2, -0.15) is 0 Å². The standard InChI is InChI=1S/C18H26N6OS/c1-12(2)9-24-6-3-13-15(21-11-20-13)18(24)4-7-23(8-5-18)17-22-14(10-26-17)16(19)25/h10-12H,3-9H2,1-2H3,(H2,19,25)(H,20,21). The zero-order valence-electron chi connectivity index (χ0n) is 15.4. The summed E-state index contributed by atoms with van der Waals surface area (Å²) in [5, 5.41) is 2.64. The number of carbonyl (C=O) groups is 1. The maximum Gasteiger partial charge on any atom is 0.268 e. The van der Waals surface area contributed by atoms with Crippen LogP contribution in [0.25, 0.3) is 0 Å². The van der Waals surface area contributed by atoms with E-state index < -0.39 is 5.91 Å². The van der Waals surface area contributed by atoms with Crippen LogP contribution in [0.1, 0.15) is 48.6 Å². The van der Waals surface area contributed by atoms with E-state index in [9.17, 15) is 4.79 Å². The van der Waals surface area contributed by atoms with Crippen LogP contribution in [-0.4, -0.2) is 51.9 Å². The summed E-state index contributed by atoms with van der Waals surface area (Å²) in [6.07, 6.45) is 4.92. The first-order chi connectivity index (χ1) is 12.5. The van der Waals surface area contributed by atoms with Crippen molar-refractivity contribution in [1.29, 1.82) is 0 Å². The lowest BCUT2D eigenvalue weighted by Gasteiger charge is -2.51. The van der Waals surface area contributed by atoms with Crippen LogP contribution < -0.4 is 10.6 Å². The van der Waals surface area contributed by atoms with E-state index in [1.807, 2.05) is 6.33 Å². The Labute approximate surface area is 157 Å². The first-order valence-electron chi connectivity index (χ1n) is 9.27. The predicted molar refractivity (Wildman–Crippen MR) is 102 cm³/mol. The van der Waals surface area contributed by atoms with Gasteiger partial charge in [-0.25, -0.2) is 9.97 Å². The van der Waals surface area contributed by atoms with E-state index in [-0.39, 0.29) is 5.54 Å². The van der Waals surface area contributed by atoms with Gasteiger partial charge in [-0.15, -0.1) is 11.3 Å². The van der Waals surface area contributed by atoms with Crippen LogP contribution >= 0.6 is 11.3 Å². The van der Waals surface area contributed by atoms with Crippen molar-refractivity contribution in [3.63, 3.8) is 0 Å². The lowest BCUT2D eigenvalue weighted by Crippen LogP contribution is -2.57. The second-order valence-corrected chi connectivity index (χ2v) is 8.55. The smallest absolute Gasteiger partial charge is 0.268 e. The molecule has 0 unspecified atom stereocenters. The number of piperidine rings is 1. The van der Waals surface area contributed by atoms with Crippen LogP contribution in [0.4, 0.5) is 5.13 Å². The molecule has 8 heteroatoms. The van der Waals surface area contributed by atoms with Gasteiger partial charge in [0.05, 0.1) is 17.6 Å². The molecule has 0 aromatic carbocycles. The number of carbonyl (C=O) groups excluding carboxylic acids is 1. The molecule has 140 valence electrons. The van der Waals surface area contributed by atoms with Crippen molar-refractivity contribution in [1.82, 2.24) is 19.9 Å². The molecular weight excluding hydrogens is 348 g/mol. The number of H-pyrrole nitrogens is 1. The average Bonchev–Trinajstić information content (AvgIpc) is 3.27. The Kier molecular flexibility index (Phi) is 4.48. The van der Waals surface area contributed by atoms with Gasteiger partial charge in [0.1, 0.15) is 5.69 Å². The highest BCUT2D eigenvalue weighted by Gasteiger charge is 2.46. The van der Waals surface area contributed by atoms with Gasteiger partial charge in [0, 0.05) is 43.7 Å². The number of primary amides is 1. The minimum absolute atomic E-state index is 0.0120. The third kappa shape index (κ3) is 2.91. The first-order valence-corrected chi connectivity index (χ1v) is 10.2. The van der Waals surface area contributed by atoms with Crippen molar-refractivity contribution >= 4 is 22.4 Å². The summed E-state index contributed by atoms with van der Waals surface area (Å²) in [5.74, 6) is 0.167. The summed E-state index contributed by atoms with van der Waals surface area (Å²) in [7, 11) is 0. The van der Waals surface area contributed by atoms with Crippen LogP contribution in [0.2, 0.25) is 0 Å². The monoisotopic (exact) mass is 374 g/mol. The molecule has 1 amide bonds. The van der Waals surface area contributed by atoms with Crippen molar-refractivity contribution in [2.75, 3.05) is 31.1 Å². The zero-order valence-corrected chi connectivity index (χ0v) is 16.2. The molecule has 0 atom stereocenters. The highest BCUT2D eigenvalue weighted by atomic mass is 32.1. The minimum atomic E-state index is -0.461. The number of fused-ring (bicyclic) bond motifs is 2. The molecular formula is C18H26N6OS. The van der Waals surface area contributed by atoms with Gasteiger partial charge in [-0.1, -0.05) is 13.8 Å². The highest BCUT2D eigenvalue weighted by Crippen LogP contribution is 2.43. The van der Waals surface area contributed by atoms with Crippen LogP contribution in [0.5, 0.6) is 0 Å². The van der Waals surface area contributed by atoms with E-state index in [4.69, 9.17) is 10.7 Å². The van der Waals surface area contributed by atoms with E-state index >= 15 is 0 Å². The number of hydrogen-bond acceptors (Lipinski definition) is 6. The number of nitrogens with zero attached hydrogens (tertiary/aromatic N) is 4. The summed E-state index contributed by atoms with van der Waals surface area (Å²) in [5.41, 5.74) is 8.25. The molecule has 4 heterocycles. The largest absolute Gasteiger partial charge is 0.364 e. The molecule has 0 radical (unpaired) electrons. The molecule has 7 nitrogen and oxygen atoms in total. The van der Waals surface area contributed by atoms with Crippen LogP contribution in [-0.2, 0) is 12.0 Å². The highest BCUT2D eigenvalue weighted by molar-refractivity contribution is 7.13. The number of aromatic nitrogens is 3. The lowest BCUT2D eigenvalue weighted by molar-refractivity contribution is 0.0342. The number of thiazole rings is 1. The van der Waals surface area contributed by atoms with Crippen molar-refractivity contribution in [2.24, 2.45) is 11.7 Å². The molecule has 2 aliphatic heterocycles. The van der Waals surface area contributed by atoms with E-state index in [1.165, 1.54) is 22.7 Å². The van der Waals surface area contributed by atoms with Crippen LogP contribution in [0.15, 0.2) is 11.7 Å². The number of amides is 1. The van der Waals surface area contributed by atoms with Gasteiger partial charge in [0.25, 0.3) is 5.91 Å². The molecule has 1 fully saturated rings. The van der Waals surface area contributed by atoms with Crippen LogP contribution in [0, 0.1) is 5.92 Å². The Balaban J connectivity index is 1.57. The molecule has 4 rings (SSSR count). The average molecular weight is 375 g/mol. The quantitative estimate of drug-likeness (QED) is 0.854. The number of nitrogens with two attached hydrogens (primary N) is 1. The Morgan fingerprint density at radius 2 is 2.15 bits per heavy atom. The summed E-state index contributed by atoms with van der Waals surface area (Å²) in [6.45, 7) is 8.55. The van der Waals surface area contributed by atoms with Gasteiger partial charge in [0.15, 0.2) is 5.13 Å². The second kappa shape index (κ2) is 6.66. The number of nitrogens with one attached hydrogen (secondary N) is 1. The molecule has 1 saturated heterocycles. The van der Waals surface area contributed by atoms with Crippen LogP contribution in [0.3, 0.4) is 0 Å². The molecule has 0 aliphatic carbocycles. The van der Waals surface area contributed by atoms with Gasteiger partial charge >= 0.3 is 0 Å². The van der Waals surface area contributed by atoms with E-state index in [2.05, 4.69) is 33.6 Å². The summed E-state index contributed by atoms with van der Waals surface area (Å²) < 4.78 is 0. The molecule has 2 aromatic heterocycles. The van der Waals surface area contributed by atoms with Crippen molar-refractivity contribution < 1.29 is 4.79 Å². The molecule has 3 N–H and O–H groups in total. The predicted octanol–water partition coefficient (Wildman–Crippen LogP) is 1.97. The van der Waals surface area contributed by atoms with Gasteiger partial charge < -0.3 is 15.6 Å². The number of hydrogen-bond donors (Lipinski definition) is 2. The third-order valence-corrected chi connectivity index (χ3v) is 6.49. The summed E-state index contributed by atoms with van der Waals surface area (Å²) in [4.78, 5) is 28.7.